The largest absolute Gasteiger partial charge is 0.373 e. The quantitative estimate of drug-likeness (QED) is 0.308. The van der Waals surface area contributed by atoms with Crippen molar-refractivity contribution in [3.63, 3.8) is 0 Å². The van der Waals surface area contributed by atoms with Gasteiger partial charge in [-0.2, -0.15) is 10.4 Å². The molecule has 3 N–H and O–H groups in total. The fourth-order valence-corrected chi connectivity index (χ4v) is 7.17. The fraction of sp³-hybridized carbons (Fsp3) is 0.414. The molecule has 5 heterocycles. The standard InChI is InChI=1S/C29H32ClN7O2S/c1-18(2)37-28(39)36(25(38)14-34-37)15-21-13-24-27(40-21)22(3-7-33-24)23-12-20(30)11-19-4-10-35(26(19)23)17-29(16-31)5-8-32-9-6-29/h3-4,7,10-14,18,25,28,32,38-39H,5-6,8-9,15,17H2,1-2H3. The van der Waals surface area contributed by atoms with E-state index in [1.165, 1.54) is 6.21 Å². The molecule has 0 saturated carbocycles. The summed E-state index contributed by atoms with van der Waals surface area (Å²) in [6.45, 7) is 6.52. The van der Waals surface area contributed by atoms with Crippen molar-refractivity contribution in [3.05, 3.63) is 52.6 Å². The lowest BCUT2D eigenvalue weighted by atomic mass is 9.80. The Labute approximate surface area is 241 Å². The molecule has 1 fully saturated rings. The van der Waals surface area contributed by atoms with Gasteiger partial charge in [-0.1, -0.05) is 11.6 Å². The topological polar surface area (TPSA) is 113 Å². The van der Waals surface area contributed by atoms with Crippen LogP contribution < -0.4 is 5.32 Å². The predicted molar refractivity (Wildman–Crippen MR) is 159 cm³/mol. The van der Waals surface area contributed by atoms with Crippen molar-refractivity contribution in [2.75, 3.05) is 13.1 Å². The van der Waals surface area contributed by atoms with E-state index in [2.05, 4.69) is 38.3 Å². The number of hydrogen-bond donors (Lipinski definition) is 3. The van der Waals surface area contributed by atoms with Gasteiger partial charge in [0.15, 0.2) is 0 Å². The van der Waals surface area contributed by atoms with E-state index in [4.69, 9.17) is 11.6 Å². The highest BCUT2D eigenvalue weighted by Crippen LogP contribution is 2.41. The number of pyridine rings is 1. The van der Waals surface area contributed by atoms with Crippen LogP contribution in [-0.4, -0.2) is 67.6 Å². The minimum atomic E-state index is -1.05. The van der Waals surface area contributed by atoms with Crippen molar-refractivity contribution in [3.8, 4) is 17.2 Å². The van der Waals surface area contributed by atoms with Gasteiger partial charge in [0, 0.05) is 57.9 Å². The van der Waals surface area contributed by atoms with Crippen LogP contribution in [0.25, 0.3) is 32.2 Å². The number of hydrazone groups is 1. The molecular weight excluding hydrogens is 546 g/mol. The first-order valence-electron chi connectivity index (χ1n) is 13.5. The van der Waals surface area contributed by atoms with Gasteiger partial charge in [-0.05, 0) is 70.1 Å². The van der Waals surface area contributed by atoms with Crippen LogP contribution in [-0.2, 0) is 13.1 Å². The van der Waals surface area contributed by atoms with Gasteiger partial charge in [0.05, 0.1) is 33.4 Å². The number of aliphatic hydroxyl groups is 2. The first kappa shape index (κ1) is 27.1. The Balaban J connectivity index is 1.41. The summed E-state index contributed by atoms with van der Waals surface area (Å²) in [5.41, 5.74) is 3.47. The van der Waals surface area contributed by atoms with Crippen molar-refractivity contribution < 1.29 is 10.2 Å². The number of hydrogen-bond acceptors (Lipinski definition) is 9. The zero-order valence-electron chi connectivity index (χ0n) is 22.5. The molecule has 2 atom stereocenters. The second kappa shape index (κ2) is 10.7. The number of benzene rings is 1. The van der Waals surface area contributed by atoms with Crippen molar-refractivity contribution in [1.29, 1.82) is 5.26 Å². The molecule has 2 aliphatic heterocycles. The Bertz CT molecular complexity index is 1620. The third-order valence-electron chi connectivity index (χ3n) is 7.92. The molecule has 0 amide bonds. The number of aromatic nitrogens is 2. The zero-order valence-corrected chi connectivity index (χ0v) is 24.0. The Hall–Kier alpha value is -3.04. The van der Waals surface area contributed by atoms with E-state index < -0.39 is 18.0 Å². The van der Waals surface area contributed by atoms with Gasteiger partial charge >= 0.3 is 0 Å². The molecule has 6 rings (SSSR count). The van der Waals surface area contributed by atoms with Gasteiger partial charge in [0.25, 0.3) is 0 Å². The average Bonchev–Trinajstić information content (AvgIpc) is 3.54. The van der Waals surface area contributed by atoms with Crippen molar-refractivity contribution >= 4 is 50.3 Å². The second-order valence-electron chi connectivity index (χ2n) is 10.9. The predicted octanol–water partition coefficient (Wildman–Crippen LogP) is 4.57. The summed E-state index contributed by atoms with van der Waals surface area (Å²) in [7, 11) is 0. The number of nitrogens with zero attached hydrogens (tertiary/aromatic N) is 6. The number of nitriles is 1. The highest BCUT2D eigenvalue weighted by molar-refractivity contribution is 7.19. The number of fused-ring (bicyclic) bond motifs is 2. The summed E-state index contributed by atoms with van der Waals surface area (Å²) in [6, 6.07) is 12.6. The van der Waals surface area contributed by atoms with Gasteiger partial charge in [-0.25, -0.2) is 4.90 Å². The van der Waals surface area contributed by atoms with E-state index >= 15 is 0 Å². The van der Waals surface area contributed by atoms with Crippen LogP contribution in [0.2, 0.25) is 5.02 Å². The normalized spacial score (nSPS) is 21.5. The molecule has 0 aliphatic carbocycles. The molecule has 2 aliphatic rings. The van der Waals surface area contributed by atoms with Gasteiger partial charge in [-0.15, -0.1) is 11.3 Å². The lowest BCUT2D eigenvalue weighted by Crippen LogP contribution is -2.56. The fourth-order valence-electron chi connectivity index (χ4n) is 5.79. The first-order valence-corrected chi connectivity index (χ1v) is 14.7. The minimum absolute atomic E-state index is 0.0246. The Morgan fingerprint density at radius 3 is 2.75 bits per heavy atom. The summed E-state index contributed by atoms with van der Waals surface area (Å²) >= 11 is 8.21. The third-order valence-corrected chi connectivity index (χ3v) is 9.28. The number of piperidine rings is 1. The molecule has 3 aromatic heterocycles. The Morgan fingerprint density at radius 1 is 1.20 bits per heavy atom. The molecule has 208 valence electrons. The number of thiophene rings is 1. The van der Waals surface area contributed by atoms with Crippen LogP contribution in [0.15, 0.2) is 47.8 Å². The molecule has 0 spiro atoms. The molecule has 9 nitrogen and oxygen atoms in total. The van der Waals surface area contributed by atoms with Crippen LogP contribution in [0.5, 0.6) is 0 Å². The van der Waals surface area contributed by atoms with E-state index in [9.17, 15) is 15.5 Å². The SMILES string of the molecule is CC(C)N1N=CC(O)N(Cc2cc3nccc(-c4cc(Cl)cc5ccn(CC6(C#N)CCNCC6)c45)c3s2)C1O. The van der Waals surface area contributed by atoms with Crippen LogP contribution >= 0.6 is 22.9 Å². The Kier molecular flexibility index (Phi) is 7.29. The summed E-state index contributed by atoms with van der Waals surface area (Å²) in [4.78, 5) is 7.19. The summed E-state index contributed by atoms with van der Waals surface area (Å²) in [5.74, 6) is 0. The van der Waals surface area contributed by atoms with Crippen LogP contribution in [0.3, 0.4) is 0 Å². The van der Waals surface area contributed by atoms with E-state index in [0.29, 0.717) is 18.1 Å². The summed E-state index contributed by atoms with van der Waals surface area (Å²) < 4.78 is 3.21. The van der Waals surface area contributed by atoms with Gasteiger partial charge < -0.3 is 20.1 Å². The Morgan fingerprint density at radius 2 is 2.00 bits per heavy atom. The number of aliphatic hydroxyl groups excluding tert-OH is 2. The molecule has 0 bridgehead atoms. The maximum Gasteiger partial charge on any atom is 0.204 e. The molecule has 40 heavy (non-hydrogen) atoms. The smallest absolute Gasteiger partial charge is 0.204 e. The monoisotopic (exact) mass is 577 g/mol. The number of nitrogens with one attached hydrogen (secondary N) is 1. The van der Waals surface area contributed by atoms with Gasteiger partial charge in [-0.3, -0.25) is 9.99 Å². The lowest BCUT2D eigenvalue weighted by molar-refractivity contribution is -0.177. The molecule has 1 aromatic carbocycles. The maximum absolute atomic E-state index is 10.9. The number of rotatable bonds is 6. The van der Waals surface area contributed by atoms with Crippen molar-refractivity contribution in [1.82, 2.24) is 24.8 Å². The van der Waals surface area contributed by atoms with Crippen LogP contribution in [0, 0.1) is 16.7 Å². The zero-order chi connectivity index (χ0) is 28.0. The molecule has 0 radical (unpaired) electrons. The van der Waals surface area contributed by atoms with Crippen LogP contribution in [0.1, 0.15) is 31.6 Å². The molecule has 4 aromatic rings. The highest BCUT2D eigenvalue weighted by atomic mass is 35.5. The lowest BCUT2D eigenvalue weighted by Gasteiger charge is -2.41. The summed E-state index contributed by atoms with van der Waals surface area (Å²) in [6.07, 6.45) is 4.88. The first-order chi connectivity index (χ1) is 19.3. The molecule has 1 saturated heterocycles. The average molecular weight is 578 g/mol. The van der Waals surface area contributed by atoms with Gasteiger partial charge in [0.2, 0.25) is 6.35 Å². The van der Waals surface area contributed by atoms with E-state index in [0.717, 1.165) is 63.1 Å². The molecule has 11 heteroatoms. The third kappa shape index (κ3) is 4.87. The van der Waals surface area contributed by atoms with Crippen LogP contribution in [0.4, 0.5) is 0 Å². The van der Waals surface area contributed by atoms with Gasteiger partial charge in [0.1, 0.15) is 6.23 Å². The highest BCUT2D eigenvalue weighted by Gasteiger charge is 2.34. The van der Waals surface area contributed by atoms with E-state index in [1.807, 2.05) is 38.1 Å². The summed E-state index contributed by atoms with van der Waals surface area (Å²) in [5, 5.41) is 42.4. The van der Waals surface area contributed by atoms with Crippen molar-refractivity contribution in [2.45, 2.75) is 58.4 Å². The van der Waals surface area contributed by atoms with E-state index in [1.54, 1.807) is 27.4 Å². The molecule has 2 unspecified atom stereocenters. The van der Waals surface area contributed by atoms with E-state index in [-0.39, 0.29) is 6.04 Å². The second-order valence-corrected chi connectivity index (χ2v) is 12.5. The maximum atomic E-state index is 10.9. The number of halogens is 1. The van der Waals surface area contributed by atoms with Crippen molar-refractivity contribution in [2.24, 2.45) is 10.5 Å². The molecular formula is C29H32ClN7O2S. The minimum Gasteiger partial charge on any atom is -0.373 e.